The van der Waals surface area contributed by atoms with Gasteiger partial charge in [-0.05, 0) is 0 Å². The molecule has 0 aromatic heterocycles. The van der Waals surface area contributed by atoms with Crippen molar-refractivity contribution in [3.8, 4) is 22.3 Å². The Morgan fingerprint density at radius 1 is 0.511 bits per heavy atom. The van der Waals surface area contributed by atoms with Gasteiger partial charge in [0.1, 0.15) is 0 Å². The predicted octanol–water partition coefficient (Wildman–Crippen LogP) is 6.77. The first-order valence-corrected chi connectivity index (χ1v) is 23.6. The molecule has 2 unspecified atom stereocenters. The molecule has 2 aliphatic carbocycles. The Balaban J connectivity index is 0.00000217. The fraction of sp³-hybridized carbons (Fsp3) is 0.364. The molecule has 0 N–H and O–H groups in total. The van der Waals surface area contributed by atoms with Gasteiger partial charge in [0, 0.05) is 0 Å². The Labute approximate surface area is 301 Å². The van der Waals surface area contributed by atoms with Crippen LogP contribution in [0.1, 0.15) is 90.6 Å². The Morgan fingerprint density at radius 3 is 1.15 bits per heavy atom. The van der Waals surface area contributed by atoms with E-state index in [1.807, 2.05) is 0 Å². The molecule has 0 bridgehead atoms. The van der Waals surface area contributed by atoms with Gasteiger partial charge in [-0.15, -0.1) is 0 Å². The van der Waals surface area contributed by atoms with E-state index >= 15 is 0 Å². The summed E-state index contributed by atoms with van der Waals surface area (Å²) in [4.78, 5) is 0. The van der Waals surface area contributed by atoms with E-state index in [1.54, 1.807) is 33.4 Å². The zero-order chi connectivity index (χ0) is 31.9. The number of halogens is 2. The maximum absolute atomic E-state index is 2.89. The third-order valence-electron chi connectivity index (χ3n) is 11.5. The summed E-state index contributed by atoms with van der Waals surface area (Å²) in [6, 6.07) is 23.6. The Hall–Kier alpha value is -2.18. The fourth-order valence-electron chi connectivity index (χ4n) is 9.30. The van der Waals surface area contributed by atoms with Crippen LogP contribution in [0.5, 0.6) is 0 Å². The molecule has 1 fully saturated rings. The summed E-state index contributed by atoms with van der Waals surface area (Å²) in [6.07, 6.45) is 5.37. The van der Waals surface area contributed by atoms with Gasteiger partial charge >= 0.3 is 279 Å². The van der Waals surface area contributed by atoms with Gasteiger partial charge in [0.25, 0.3) is 0 Å². The quantitative estimate of drug-likeness (QED) is 0.205. The van der Waals surface area contributed by atoms with Crippen LogP contribution in [-0.4, -0.2) is 0 Å². The van der Waals surface area contributed by atoms with Crippen molar-refractivity contribution in [1.82, 2.24) is 0 Å². The Bertz CT molecular complexity index is 1760. The van der Waals surface area contributed by atoms with Crippen LogP contribution in [0.25, 0.3) is 34.4 Å². The number of allylic oxidation sites excluding steroid dienone is 2. The van der Waals surface area contributed by atoms with Crippen LogP contribution < -0.4 is 24.8 Å². The Morgan fingerprint density at radius 2 is 0.851 bits per heavy atom. The first kappa shape index (κ1) is 36.1. The van der Waals surface area contributed by atoms with Gasteiger partial charge in [0.05, 0.1) is 0 Å². The number of benzene rings is 4. The van der Waals surface area contributed by atoms with E-state index in [0.717, 1.165) is 0 Å². The second kappa shape index (κ2) is 13.3. The van der Waals surface area contributed by atoms with E-state index < -0.39 is 20.3 Å². The van der Waals surface area contributed by atoms with Gasteiger partial charge in [0.2, 0.25) is 0 Å². The van der Waals surface area contributed by atoms with Crippen LogP contribution in [0.2, 0.25) is 8.26 Å². The minimum atomic E-state index is -2.89. The molecule has 4 aromatic carbocycles. The normalized spacial score (nSPS) is 18.0. The molecule has 1 saturated heterocycles. The van der Waals surface area contributed by atoms with E-state index in [0.29, 0.717) is 19.1 Å². The number of hydrogen-bond acceptors (Lipinski definition) is 0. The predicted molar refractivity (Wildman–Crippen MR) is 193 cm³/mol. The van der Waals surface area contributed by atoms with Crippen molar-refractivity contribution in [3.63, 3.8) is 0 Å². The fourth-order valence-corrected chi connectivity index (χ4v) is 27.9. The summed E-state index contributed by atoms with van der Waals surface area (Å²) >= 11 is -2.89. The van der Waals surface area contributed by atoms with Crippen molar-refractivity contribution in [2.75, 3.05) is 0 Å². The molecule has 7 rings (SSSR count). The van der Waals surface area contributed by atoms with Crippen LogP contribution in [0.4, 0.5) is 0 Å². The van der Waals surface area contributed by atoms with Crippen LogP contribution >= 0.6 is 0 Å². The third kappa shape index (κ3) is 5.81. The van der Waals surface area contributed by atoms with Crippen LogP contribution in [0, 0.1) is 53.4 Å². The molecule has 1 aliphatic heterocycles. The molecule has 1 heterocycles. The minimum absolute atomic E-state index is 0. The summed E-state index contributed by atoms with van der Waals surface area (Å²) in [5.41, 5.74) is 24.2. The smallest absolute Gasteiger partial charge is 1.00 e. The summed E-state index contributed by atoms with van der Waals surface area (Å²) in [5.74, 6) is 1.11. The van der Waals surface area contributed by atoms with Crippen molar-refractivity contribution >= 4 is 12.2 Å². The SMILES string of the molecule is Cc1ccc(-c2c(C)cc(C)c3c2C=C(C(C)C)[CH]3[Zr+2]2([CH]3C(C(C)C)=Cc4c(-c5ccc(C)cc5)c(C)cc(C)c43)[CH2][CH2]2)cc1.[Cl-].[Cl-]. The standard InChI is InChI=1S/2C21H23.C2H4.2ClH.Zr/c2*1-13(2)18-11-19-15(4)10-16(5)21(20(19)12-18)17-8-6-14(3)7-9-17;1-2;;;/h2*6-13H,1-5H3;1-2H2;2*1H;/q;;;;;+2/p-2. The second-order valence-electron chi connectivity index (χ2n) is 15.4. The second-order valence-corrected chi connectivity index (χ2v) is 26.7. The van der Waals surface area contributed by atoms with Crippen molar-refractivity contribution in [2.24, 2.45) is 11.8 Å². The molecular weight excluding hydrogens is 691 g/mol. The molecule has 0 amide bonds. The summed E-state index contributed by atoms with van der Waals surface area (Å²) in [7, 11) is 0. The van der Waals surface area contributed by atoms with Crippen molar-refractivity contribution < 1.29 is 45.1 Å². The van der Waals surface area contributed by atoms with Gasteiger partial charge in [-0.1, -0.05) is 0 Å². The largest absolute Gasteiger partial charge is 1.00 e. The number of aryl methyl sites for hydroxylation is 6. The average molecular weight is 741 g/mol. The number of rotatable bonds is 6. The molecule has 3 heteroatoms. The average Bonchev–Trinajstić information content (AvgIpc) is 3.49. The molecule has 244 valence electrons. The van der Waals surface area contributed by atoms with E-state index in [-0.39, 0.29) is 24.8 Å². The van der Waals surface area contributed by atoms with Crippen molar-refractivity contribution in [1.29, 1.82) is 0 Å². The minimum Gasteiger partial charge on any atom is -1.00 e. The van der Waals surface area contributed by atoms with Crippen molar-refractivity contribution in [2.45, 2.75) is 84.7 Å². The molecule has 4 aromatic rings. The first-order chi connectivity index (χ1) is 21.4. The molecule has 3 aliphatic rings. The summed E-state index contributed by atoms with van der Waals surface area (Å²) in [6.45, 7) is 23.8. The maximum Gasteiger partial charge on any atom is -1.00 e. The maximum atomic E-state index is 2.69. The summed E-state index contributed by atoms with van der Waals surface area (Å²) < 4.78 is 4.30. The Kier molecular flexibility index (Phi) is 10.2. The number of fused-ring (bicyclic) bond motifs is 2. The topological polar surface area (TPSA) is 0 Å². The van der Waals surface area contributed by atoms with Gasteiger partial charge in [-0.25, -0.2) is 0 Å². The van der Waals surface area contributed by atoms with Crippen LogP contribution in [0.3, 0.4) is 0 Å². The molecule has 0 radical (unpaired) electrons. The zero-order valence-electron chi connectivity index (χ0n) is 29.9. The molecule has 0 saturated carbocycles. The van der Waals surface area contributed by atoms with E-state index in [9.17, 15) is 0 Å². The van der Waals surface area contributed by atoms with Gasteiger partial charge in [-0.2, -0.15) is 0 Å². The van der Waals surface area contributed by atoms with Crippen LogP contribution in [0.15, 0.2) is 71.8 Å². The molecule has 47 heavy (non-hydrogen) atoms. The van der Waals surface area contributed by atoms with E-state index in [2.05, 4.69) is 142 Å². The van der Waals surface area contributed by atoms with Gasteiger partial charge < -0.3 is 24.8 Å². The van der Waals surface area contributed by atoms with E-state index in [4.69, 9.17) is 0 Å². The zero-order valence-corrected chi connectivity index (χ0v) is 33.9. The molecule has 0 spiro atoms. The van der Waals surface area contributed by atoms with Gasteiger partial charge in [0.15, 0.2) is 0 Å². The van der Waals surface area contributed by atoms with Crippen molar-refractivity contribution in [3.05, 3.63) is 127 Å². The number of hydrogen-bond donors (Lipinski definition) is 0. The van der Waals surface area contributed by atoms with Crippen LogP contribution in [-0.2, 0) is 20.3 Å². The molecule has 2 atom stereocenters. The van der Waals surface area contributed by atoms with Gasteiger partial charge in [-0.3, -0.25) is 0 Å². The van der Waals surface area contributed by atoms with E-state index in [1.165, 1.54) is 63.9 Å². The molecular formula is C44H50Cl2Zr. The summed E-state index contributed by atoms with van der Waals surface area (Å²) in [5, 5.41) is 0. The first-order valence-electron chi connectivity index (χ1n) is 17.3. The molecule has 0 nitrogen and oxygen atoms in total. The third-order valence-corrected chi connectivity index (χ3v) is 24.3. The monoisotopic (exact) mass is 738 g/mol.